The van der Waals surface area contributed by atoms with Crippen LogP contribution in [0.5, 0.6) is 5.75 Å². The molecule has 0 amide bonds. The molecule has 0 saturated carbocycles. The number of aliphatic carboxylic acids is 1. The van der Waals surface area contributed by atoms with Crippen LogP contribution in [-0.4, -0.2) is 16.2 Å². The third kappa shape index (κ3) is 1.87. The molecule has 1 aromatic rings. The molecule has 0 fully saturated rings. The maximum atomic E-state index is 10.7. The lowest BCUT2D eigenvalue weighted by molar-refractivity contribution is -0.137. The van der Waals surface area contributed by atoms with Gasteiger partial charge < -0.3 is 10.2 Å². The summed E-state index contributed by atoms with van der Waals surface area (Å²) < 4.78 is 0. The predicted octanol–water partition coefficient (Wildman–Crippen LogP) is 1.75. The molecule has 0 heterocycles. The van der Waals surface area contributed by atoms with Crippen LogP contribution in [0.4, 0.5) is 0 Å². The van der Waals surface area contributed by atoms with Gasteiger partial charge in [0.05, 0.1) is 0 Å². The maximum Gasteiger partial charge on any atom is 0.314 e. The largest absolute Gasteiger partial charge is 0.508 e. The number of benzene rings is 1. The molecule has 2 N–H and O–H groups in total. The van der Waals surface area contributed by atoms with Crippen LogP contribution < -0.4 is 0 Å². The van der Waals surface area contributed by atoms with Crippen LogP contribution in [0.2, 0.25) is 0 Å². The Morgan fingerprint density at radius 2 is 2.08 bits per heavy atom. The molecule has 0 aliphatic carbocycles. The minimum Gasteiger partial charge on any atom is -0.508 e. The first-order valence-electron chi connectivity index (χ1n) is 3.80. The summed E-state index contributed by atoms with van der Waals surface area (Å²) in [6.07, 6.45) is 1.29. The lowest BCUT2D eigenvalue weighted by atomic mass is 9.99. The number of rotatable bonds is 3. The fourth-order valence-corrected chi connectivity index (χ4v) is 1.11. The molecule has 0 aromatic heterocycles. The van der Waals surface area contributed by atoms with E-state index in [1.54, 1.807) is 18.2 Å². The second-order valence-electron chi connectivity index (χ2n) is 2.61. The lowest BCUT2D eigenvalue weighted by Crippen LogP contribution is -2.08. The SMILES string of the molecule is C=CC(C(=O)O)c1ccccc1O. The van der Waals surface area contributed by atoms with E-state index in [9.17, 15) is 9.90 Å². The lowest BCUT2D eigenvalue weighted by Gasteiger charge is -2.08. The van der Waals surface area contributed by atoms with Crippen LogP contribution >= 0.6 is 0 Å². The number of carbonyl (C=O) groups is 1. The van der Waals surface area contributed by atoms with Crippen LogP contribution in [-0.2, 0) is 4.79 Å². The molecule has 0 saturated heterocycles. The molecule has 1 rings (SSSR count). The first-order chi connectivity index (χ1) is 6.16. The van der Waals surface area contributed by atoms with Gasteiger partial charge in [-0.2, -0.15) is 0 Å². The average molecular weight is 178 g/mol. The molecule has 0 aliphatic heterocycles. The summed E-state index contributed by atoms with van der Waals surface area (Å²) in [6, 6.07) is 6.33. The summed E-state index contributed by atoms with van der Waals surface area (Å²) in [7, 11) is 0. The zero-order chi connectivity index (χ0) is 9.84. The van der Waals surface area contributed by atoms with Gasteiger partial charge in [-0.05, 0) is 6.07 Å². The molecule has 0 bridgehead atoms. The van der Waals surface area contributed by atoms with Crippen molar-refractivity contribution in [3.05, 3.63) is 42.5 Å². The molecule has 13 heavy (non-hydrogen) atoms. The van der Waals surface area contributed by atoms with Gasteiger partial charge in [0.15, 0.2) is 0 Å². The second kappa shape index (κ2) is 3.76. The fraction of sp³-hybridized carbons (Fsp3) is 0.100. The molecule has 68 valence electrons. The zero-order valence-electron chi connectivity index (χ0n) is 6.97. The molecule has 3 nitrogen and oxygen atoms in total. The van der Waals surface area contributed by atoms with Crippen molar-refractivity contribution in [1.29, 1.82) is 0 Å². The molecular weight excluding hydrogens is 168 g/mol. The first-order valence-corrected chi connectivity index (χ1v) is 3.80. The number of hydrogen-bond donors (Lipinski definition) is 2. The van der Waals surface area contributed by atoms with Gasteiger partial charge in [-0.15, -0.1) is 6.58 Å². The molecule has 1 unspecified atom stereocenters. The van der Waals surface area contributed by atoms with Gasteiger partial charge in [0, 0.05) is 5.56 Å². The van der Waals surface area contributed by atoms with Crippen molar-refractivity contribution in [3.63, 3.8) is 0 Å². The van der Waals surface area contributed by atoms with E-state index in [-0.39, 0.29) is 5.75 Å². The molecule has 0 radical (unpaired) electrons. The fourth-order valence-electron chi connectivity index (χ4n) is 1.11. The van der Waals surface area contributed by atoms with Crippen molar-refractivity contribution >= 4 is 5.97 Å². The Morgan fingerprint density at radius 1 is 1.46 bits per heavy atom. The number of para-hydroxylation sites is 1. The Bertz CT molecular complexity index is 331. The van der Waals surface area contributed by atoms with E-state index >= 15 is 0 Å². The minimum absolute atomic E-state index is 0.0187. The van der Waals surface area contributed by atoms with E-state index < -0.39 is 11.9 Å². The van der Waals surface area contributed by atoms with Crippen molar-refractivity contribution in [2.45, 2.75) is 5.92 Å². The maximum absolute atomic E-state index is 10.7. The van der Waals surface area contributed by atoms with Crippen molar-refractivity contribution in [2.24, 2.45) is 0 Å². The molecule has 0 spiro atoms. The predicted molar refractivity (Wildman–Crippen MR) is 48.7 cm³/mol. The van der Waals surface area contributed by atoms with Crippen LogP contribution in [0.1, 0.15) is 11.5 Å². The number of carboxylic acid groups (broad SMARTS) is 1. The Kier molecular flexibility index (Phi) is 2.69. The van der Waals surface area contributed by atoms with Crippen molar-refractivity contribution in [1.82, 2.24) is 0 Å². The van der Waals surface area contributed by atoms with Gasteiger partial charge in [-0.1, -0.05) is 24.3 Å². The van der Waals surface area contributed by atoms with Gasteiger partial charge in [0.25, 0.3) is 0 Å². The third-order valence-corrected chi connectivity index (χ3v) is 1.77. The van der Waals surface area contributed by atoms with E-state index in [0.29, 0.717) is 5.56 Å². The Labute approximate surface area is 76.0 Å². The number of phenols is 1. The topological polar surface area (TPSA) is 57.5 Å². The van der Waals surface area contributed by atoms with Crippen molar-refractivity contribution < 1.29 is 15.0 Å². The standard InChI is InChI=1S/C10H10O3/c1-2-7(10(12)13)8-5-3-4-6-9(8)11/h2-7,11H,1H2,(H,12,13). The normalized spacial score (nSPS) is 12.0. The highest BCUT2D eigenvalue weighted by atomic mass is 16.4. The van der Waals surface area contributed by atoms with Crippen LogP contribution in [0.3, 0.4) is 0 Å². The Hall–Kier alpha value is -1.77. The second-order valence-corrected chi connectivity index (χ2v) is 2.61. The van der Waals surface area contributed by atoms with Crippen molar-refractivity contribution in [2.75, 3.05) is 0 Å². The molecule has 0 aliphatic rings. The van der Waals surface area contributed by atoms with E-state index in [1.807, 2.05) is 0 Å². The van der Waals surface area contributed by atoms with E-state index in [0.717, 1.165) is 0 Å². The average Bonchev–Trinajstić information content (AvgIpc) is 2.09. The quantitative estimate of drug-likeness (QED) is 0.693. The van der Waals surface area contributed by atoms with Crippen LogP contribution in [0.25, 0.3) is 0 Å². The number of carboxylic acids is 1. The van der Waals surface area contributed by atoms with E-state index in [2.05, 4.69) is 6.58 Å². The summed E-state index contributed by atoms with van der Waals surface area (Å²) in [5, 5.41) is 18.1. The monoisotopic (exact) mass is 178 g/mol. The van der Waals surface area contributed by atoms with Crippen LogP contribution in [0, 0.1) is 0 Å². The molecule has 1 atom stereocenters. The van der Waals surface area contributed by atoms with Gasteiger partial charge in [0.2, 0.25) is 0 Å². The number of phenolic OH excluding ortho intramolecular Hbond substituents is 1. The summed E-state index contributed by atoms with van der Waals surface area (Å²) in [6.45, 7) is 3.41. The van der Waals surface area contributed by atoms with Gasteiger partial charge in [-0.3, -0.25) is 4.79 Å². The molecule has 1 aromatic carbocycles. The van der Waals surface area contributed by atoms with E-state index in [4.69, 9.17) is 5.11 Å². The summed E-state index contributed by atoms with van der Waals surface area (Å²) >= 11 is 0. The molecular formula is C10H10O3. The van der Waals surface area contributed by atoms with Gasteiger partial charge in [-0.25, -0.2) is 0 Å². The summed E-state index contributed by atoms with van der Waals surface area (Å²) in [4.78, 5) is 10.7. The smallest absolute Gasteiger partial charge is 0.314 e. The summed E-state index contributed by atoms with van der Waals surface area (Å²) in [5.41, 5.74) is 0.366. The van der Waals surface area contributed by atoms with Gasteiger partial charge >= 0.3 is 5.97 Å². The zero-order valence-corrected chi connectivity index (χ0v) is 6.97. The highest BCUT2D eigenvalue weighted by Gasteiger charge is 2.18. The van der Waals surface area contributed by atoms with Crippen molar-refractivity contribution in [3.8, 4) is 5.75 Å². The molecule has 3 heteroatoms. The van der Waals surface area contributed by atoms with E-state index in [1.165, 1.54) is 12.1 Å². The Morgan fingerprint density at radius 3 is 2.54 bits per heavy atom. The number of aromatic hydroxyl groups is 1. The van der Waals surface area contributed by atoms with Crippen LogP contribution in [0.15, 0.2) is 36.9 Å². The first kappa shape index (κ1) is 9.32. The highest BCUT2D eigenvalue weighted by Crippen LogP contribution is 2.25. The number of hydrogen-bond acceptors (Lipinski definition) is 2. The third-order valence-electron chi connectivity index (χ3n) is 1.77. The highest BCUT2D eigenvalue weighted by molar-refractivity contribution is 5.79. The van der Waals surface area contributed by atoms with Gasteiger partial charge in [0.1, 0.15) is 11.7 Å². The summed E-state index contributed by atoms with van der Waals surface area (Å²) in [5.74, 6) is -1.88. The Balaban J connectivity index is 3.12. The minimum atomic E-state index is -1.02.